The molecule has 0 unspecified atom stereocenters. The van der Waals surface area contributed by atoms with E-state index in [1.165, 1.54) is 25.0 Å². The largest absolute Gasteiger partial charge is 0.366 e. The van der Waals surface area contributed by atoms with Crippen LogP contribution in [0.2, 0.25) is 0 Å². The van der Waals surface area contributed by atoms with Crippen molar-refractivity contribution in [2.45, 2.75) is 38.0 Å². The normalized spacial score (nSPS) is 14.3. The summed E-state index contributed by atoms with van der Waals surface area (Å²) in [6.07, 6.45) is 4.89. The average molecular weight is 361 g/mol. The van der Waals surface area contributed by atoms with Crippen LogP contribution in [0.25, 0.3) is 0 Å². The predicted octanol–water partition coefficient (Wildman–Crippen LogP) is 2.33. The second-order valence-corrected chi connectivity index (χ2v) is 6.22. The van der Waals surface area contributed by atoms with E-state index in [1.807, 2.05) is 0 Å². The van der Waals surface area contributed by atoms with Crippen molar-refractivity contribution in [3.63, 3.8) is 0 Å². The third-order valence-electron chi connectivity index (χ3n) is 4.32. The molecule has 0 radical (unpaired) electrons. The van der Waals surface area contributed by atoms with Gasteiger partial charge >= 0.3 is 6.03 Å². The summed E-state index contributed by atoms with van der Waals surface area (Å²) in [5.41, 5.74) is 5.12. The molecule has 1 aliphatic carbocycles. The van der Waals surface area contributed by atoms with Gasteiger partial charge in [-0.2, -0.15) is 4.98 Å². The molecule has 1 aromatic carbocycles. The van der Waals surface area contributed by atoms with Crippen LogP contribution in [0.3, 0.4) is 0 Å². The van der Waals surface area contributed by atoms with Crippen molar-refractivity contribution in [3.05, 3.63) is 41.3 Å². The Balaban J connectivity index is 1.48. The van der Waals surface area contributed by atoms with Crippen LogP contribution in [-0.2, 0) is 6.42 Å². The summed E-state index contributed by atoms with van der Waals surface area (Å²) in [5.74, 6) is 0.155. The van der Waals surface area contributed by atoms with Crippen molar-refractivity contribution in [2.75, 3.05) is 11.9 Å². The van der Waals surface area contributed by atoms with E-state index < -0.39 is 17.8 Å². The van der Waals surface area contributed by atoms with Crippen LogP contribution < -0.4 is 16.4 Å². The van der Waals surface area contributed by atoms with Gasteiger partial charge < -0.3 is 20.9 Å². The molecular weight excluding hydrogens is 341 g/mol. The summed E-state index contributed by atoms with van der Waals surface area (Å²) in [4.78, 5) is 27.4. The zero-order chi connectivity index (χ0) is 18.5. The van der Waals surface area contributed by atoms with Gasteiger partial charge in [0, 0.05) is 24.4 Å². The van der Waals surface area contributed by atoms with Crippen LogP contribution in [-0.4, -0.2) is 28.6 Å². The number of hydrogen-bond acceptors (Lipinski definition) is 5. The van der Waals surface area contributed by atoms with Crippen LogP contribution in [0.5, 0.6) is 0 Å². The van der Waals surface area contributed by atoms with Gasteiger partial charge in [-0.05, 0) is 31.0 Å². The molecule has 9 heteroatoms. The molecule has 1 aliphatic rings. The molecule has 0 spiro atoms. The van der Waals surface area contributed by atoms with E-state index >= 15 is 0 Å². The van der Waals surface area contributed by atoms with Gasteiger partial charge in [-0.25, -0.2) is 9.18 Å². The number of primary amides is 1. The Morgan fingerprint density at radius 1 is 1.31 bits per heavy atom. The van der Waals surface area contributed by atoms with Crippen LogP contribution in [0, 0.1) is 5.82 Å². The Morgan fingerprint density at radius 3 is 2.81 bits per heavy atom. The highest BCUT2D eigenvalue weighted by molar-refractivity contribution is 5.96. The molecule has 1 fully saturated rings. The topological polar surface area (TPSA) is 123 Å². The lowest BCUT2D eigenvalue weighted by molar-refractivity contribution is 0.1000. The number of amides is 3. The molecule has 2 aromatic rings. The summed E-state index contributed by atoms with van der Waals surface area (Å²) in [6, 6.07) is 2.90. The minimum atomic E-state index is -0.705. The fraction of sp³-hybridized carbons (Fsp3) is 0.412. The standard InChI is InChI=1S/C17H20FN5O3/c18-12-6-5-11(15(19)24)9-13(12)21-17(25)20-8-7-14-22-16(26-23-14)10-3-1-2-4-10/h5-6,9-10H,1-4,7-8H2,(H2,19,24)(H2,20,21,25). The minimum absolute atomic E-state index is 0.105. The summed E-state index contributed by atoms with van der Waals surface area (Å²) in [5, 5.41) is 8.84. The molecule has 3 amide bonds. The Kier molecular flexibility index (Phi) is 5.45. The van der Waals surface area contributed by atoms with E-state index in [-0.39, 0.29) is 17.8 Å². The van der Waals surface area contributed by atoms with E-state index in [1.54, 1.807) is 0 Å². The van der Waals surface area contributed by atoms with Crippen molar-refractivity contribution in [1.82, 2.24) is 15.5 Å². The van der Waals surface area contributed by atoms with Crippen molar-refractivity contribution in [1.29, 1.82) is 0 Å². The molecule has 26 heavy (non-hydrogen) atoms. The highest BCUT2D eigenvalue weighted by atomic mass is 19.1. The lowest BCUT2D eigenvalue weighted by atomic mass is 10.1. The second-order valence-electron chi connectivity index (χ2n) is 6.22. The maximum Gasteiger partial charge on any atom is 0.319 e. The quantitative estimate of drug-likeness (QED) is 0.728. The van der Waals surface area contributed by atoms with Crippen LogP contribution in [0.1, 0.15) is 53.7 Å². The van der Waals surface area contributed by atoms with Gasteiger partial charge in [0.2, 0.25) is 11.8 Å². The fourth-order valence-corrected chi connectivity index (χ4v) is 2.94. The predicted molar refractivity (Wildman–Crippen MR) is 91.2 cm³/mol. The van der Waals surface area contributed by atoms with Gasteiger partial charge in [-0.3, -0.25) is 4.79 Å². The number of urea groups is 1. The average Bonchev–Trinajstić information content (AvgIpc) is 3.27. The highest BCUT2D eigenvalue weighted by Gasteiger charge is 2.22. The van der Waals surface area contributed by atoms with Crippen molar-refractivity contribution in [3.8, 4) is 0 Å². The van der Waals surface area contributed by atoms with E-state index in [0.29, 0.717) is 24.1 Å². The first-order valence-corrected chi connectivity index (χ1v) is 8.49. The number of nitrogens with zero attached hydrogens (tertiary/aromatic N) is 2. The maximum atomic E-state index is 13.7. The number of nitrogens with two attached hydrogens (primary N) is 1. The number of benzene rings is 1. The SMILES string of the molecule is NC(=O)c1ccc(F)c(NC(=O)NCCc2noc(C3CCCC3)n2)c1. The molecule has 4 N–H and O–H groups in total. The summed E-state index contributed by atoms with van der Waals surface area (Å²) in [6.45, 7) is 0.257. The maximum absolute atomic E-state index is 13.7. The van der Waals surface area contributed by atoms with Gasteiger partial charge in [-0.15, -0.1) is 0 Å². The van der Waals surface area contributed by atoms with Crippen molar-refractivity contribution < 1.29 is 18.5 Å². The molecule has 0 bridgehead atoms. The number of carbonyl (C=O) groups is 2. The fourth-order valence-electron chi connectivity index (χ4n) is 2.94. The van der Waals surface area contributed by atoms with E-state index in [9.17, 15) is 14.0 Å². The number of nitrogens with one attached hydrogen (secondary N) is 2. The first-order valence-electron chi connectivity index (χ1n) is 8.49. The molecule has 3 rings (SSSR count). The third kappa shape index (κ3) is 4.35. The molecule has 0 saturated heterocycles. The number of rotatable bonds is 6. The highest BCUT2D eigenvalue weighted by Crippen LogP contribution is 2.32. The Morgan fingerprint density at radius 2 is 2.08 bits per heavy atom. The van der Waals surface area contributed by atoms with Crippen LogP contribution in [0.4, 0.5) is 14.9 Å². The van der Waals surface area contributed by atoms with E-state index in [4.69, 9.17) is 10.3 Å². The minimum Gasteiger partial charge on any atom is -0.366 e. The number of halogens is 1. The van der Waals surface area contributed by atoms with Crippen molar-refractivity contribution in [2.24, 2.45) is 5.73 Å². The first kappa shape index (κ1) is 17.8. The second kappa shape index (κ2) is 7.94. The zero-order valence-corrected chi connectivity index (χ0v) is 14.1. The zero-order valence-electron chi connectivity index (χ0n) is 14.1. The number of anilines is 1. The van der Waals surface area contributed by atoms with Gasteiger partial charge in [0.15, 0.2) is 5.82 Å². The van der Waals surface area contributed by atoms with Gasteiger partial charge in [0.05, 0.1) is 5.69 Å². The first-order chi connectivity index (χ1) is 12.5. The summed E-state index contributed by atoms with van der Waals surface area (Å²) in [7, 11) is 0. The Labute approximate surface area is 149 Å². The smallest absolute Gasteiger partial charge is 0.319 e. The summed E-state index contributed by atoms with van der Waals surface area (Å²) >= 11 is 0. The monoisotopic (exact) mass is 361 g/mol. The lowest BCUT2D eigenvalue weighted by Crippen LogP contribution is -2.31. The van der Waals surface area contributed by atoms with Crippen LogP contribution >= 0.6 is 0 Å². The van der Waals surface area contributed by atoms with Gasteiger partial charge in [0.1, 0.15) is 5.82 Å². The molecule has 0 atom stereocenters. The number of hydrogen-bond donors (Lipinski definition) is 3. The Bertz CT molecular complexity index is 801. The van der Waals surface area contributed by atoms with E-state index in [2.05, 4.69) is 20.8 Å². The molecule has 1 aromatic heterocycles. The number of aromatic nitrogens is 2. The van der Waals surface area contributed by atoms with Crippen LogP contribution in [0.15, 0.2) is 22.7 Å². The molecule has 138 valence electrons. The van der Waals surface area contributed by atoms with Gasteiger partial charge in [-0.1, -0.05) is 18.0 Å². The Hall–Kier alpha value is -2.97. The molecular formula is C17H20FN5O3. The number of carbonyl (C=O) groups excluding carboxylic acids is 2. The van der Waals surface area contributed by atoms with E-state index in [0.717, 1.165) is 18.9 Å². The molecule has 1 saturated carbocycles. The van der Waals surface area contributed by atoms with Gasteiger partial charge in [0.25, 0.3) is 0 Å². The molecule has 8 nitrogen and oxygen atoms in total. The third-order valence-corrected chi connectivity index (χ3v) is 4.32. The van der Waals surface area contributed by atoms with Crippen molar-refractivity contribution >= 4 is 17.6 Å². The summed E-state index contributed by atoms with van der Waals surface area (Å²) < 4.78 is 19.0. The lowest BCUT2D eigenvalue weighted by Gasteiger charge is -2.08. The molecule has 1 heterocycles. The molecule has 0 aliphatic heterocycles.